The number of nitrogens with one attached hydrogen (secondary N) is 1. The molecular formula is C28H22ClN3O3S2. The molecule has 0 fully saturated rings. The normalized spacial score (nSPS) is 12.1. The van der Waals surface area contributed by atoms with E-state index in [0.29, 0.717) is 27.5 Å². The van der Waals surface area contributed by atoms with Crippen molar-refractivity contribution in [2.75, 3.05) is 4.72 Å². The van der Waals surface area contributed by atoms with Gasteiger partial charge in [0.15, 0.2) is 0 Å². The van der Waals surface area contributed by atoms with Crippen LogP contribution in [-0.4, -0.2) is 17.6 Å². The van der Waals surface area contributed by atoms with Crippen LogP contribution in [0.1, 0.15) is 12.5 Å². The van der Waals surface area contributed by atoms with Crippen LogP contribution in [0.2, 0.25) is 5.02 Å². The number of para-hydroxylation sites is 1. The fraction of sp³-hybridized carbons (Fsp3) is 0.107. The highest BCUT2D eigenvalue weighted by atomic mass is 35.5. The van der Waals surface area contributed by atoms with Gasteiger partial charge in [-0.25, -0.2) is 8.42 Å². The smallest absolute Gasteiger partial charge is 0.308 e. The van der Waals surface area contributed by atoms with Crippen molar-refractivity contribution in [2.24, 2.45) is 0 Å². The molecule has 6 aromatic rings. The average Bonchev–Trinajstić information content (AvgIpc) is 3.38. The summed E-state index contributed by atoms with van der Waals surface area (Å²) < 4.78 is 33.8. The fourth-order valence-electron chi connectivity index (χ4n) is 4.83. The Morgan fingerprint density at radius 2 is 1.57 bits per heavy atom. The molecule has 186 valence electrons. The number of rotatable bonds is 6. The molecule has 0 unspecified atom stereocenters. The van der Waals surface area contributed by atoms with Crippen molar-refractivity contribution < 1.29 is 8.42 Å². The third kappa shape index (κ3) is 4.11. The minimum atomic E-state index is -3.88. The predicted molar refractivity (Wildman–Crippen MR) is 153 cm³/mol. The molecule has 6 nitrogen and oxygen atoms in total. The highest BCUT2D eigenvalue weighted by Crippen LogP contribution is 2.32. The summed E-state index contributed by atoms with van der Waals surface area (Å²) in [7, 11) is -3.88. The lowest BCUT2D eigenvalue weighted by Crippen LogP contribution is -2.14. The first-order valence-electron chi connectivity index (χ1n) is 11.8. The molecular weight excluding hydrogens is 526 g/mol. The SMILES string of the molecule is CCn1c2ccccc2c2cc(NS(=O)(=O)c3ccc4c(c3)sc(=O)n4Cc3ccccc3Cl)ccc21. The first-order valence-corrected chi connectivity index (χ1v) is 14.4. The molecule has 0 atom stereocenters. The predicted octanol–water partition coefficient (Wildman–Crippen LogP) is 6.69. The van der Waals surface area contributed by atoms with Crippen LogP contribution in [0.5, 0.6) is 0 Å². The lowest BCUT2D eigenvalue weighted by molar-refractivity contribution is 0.601. The van der Waals surface area contributed by atoms with Gasteiger partial charge in [0.1, 0.15) is 0 Å². The molecule has 0 amide bonds. The van der Waals surface area contributed by atoms with Gasteiger partial charge in [-0.15, -0.1) is 0 Å². The molecule has 2 aromatic heterocycles. The van der Waals surface area contributed by atoms with E-state index in [2.05, 4.69) is 22.3 Å². The zero-order chi connectivity index (χ0) is 25.7. The highest BCUT2D eigenvalue weighted by Gasteiger charge is 2.19. The zero-order valence-electron chi connectivity index (χ0n) is 19.8. The van der Waals surface area contributed by atoms with Crippen molar-refractivity contribution in [3.8, 4) is 0 Å². The average molecular weight is 548 g/mol. The second-order valence-corrected chi connectivity index (χ2v) is 11.9. The van der Waals surface area contributed by atoms with E-state index >= 15 is 0 Å². The summed E-state index contributed by atoms with van der Waals surface area (Å²) in [5.74, 6) is 0. The monoisotopic (exact) mass is 547 g/mol. The summed E-state index contributed by atoms with van der Waals surface area (Å²) in [6, 6.07) is 25.8. The van der Waals surface area contributed by atoms with E-state index in [0.717, 1.165) is 45.3 Å². The second kappa shape index (κ2) is 9.06. The number of thiazole rings is 1. The van der Waals surface area contributed by atoms with E-state index in [1.807, 2.05) is 48.5 Å². The lowest BCUT2D eigenvalue weighted by Gasteiger charge is -2.10. The topological polar surface area (TPSA) is 73.1 Å². The number of hydrogen-bond acceptors (Lipinski definition) is 4. The van der Waals surface area contributed by atoms with Gasteiger partial charge < -0.3 is 4.57 Å². The summed E-state index contributed by atoms with van der Waals surface area (Å²) in [5.41, 5.74) is 4.14. The molecule has 0 aliphatic rings. The van der Waals surface area contributed by atoms with E-state index < -0.39 is 10.0 Å². The standard InChI is InChI=1S/C28H22ClN3O3S2/c1-2-31-24-10-6-4-8-21(24)22-15-19(11-13-25(22)31)30-37(34,35)20-12-14-26-27(16-20)36-28(33)32(26)17-18-7-3-5-9-23(18)29/h3-16,30H,2,17H2,1H3. The van der Waals surface area contributed by atoms with Gasteiger partial charge >= 0.3 is 4.87 Å². The Balaban J connectivity index is 1.36. The Morgan fingerprint density at radius 1 is 0.838 bits per heavy atom. The van der Waals surface area contributed by atoms with Gasteiger partial charge in [-0.2, -0.15) is 0 Å². The Kier molecular flexibility index (Phi) is 5.82. The van der Waals surface area contributed by atoms with Crippen molar-refractivity contribution >= 4 is 70.7 Å². The number of halogens is 1. The fourth-order valence-corrected chi connectivity index (χ4v) is 7.11. The largest absolute Gasteiger partial charge is 0.341 e. The summed E-state index contributed by atoms with van der Waals surface area (Å²) in [6.07, 6.45) is 0. The van der Waals surface area contributed by atoms with Gasteiger partial charge in [0.25, 0.3) is 10.0 Å². The second-order valence-electron chi connectivity index (χ2n) is 8.77. The number of nitrogens with zero attached hydrogens (tertiary/aromatic N) is 2. The van der Waals surface area contributed by atoms with Gasteiger partial charge in [0.05, 0.1) is 21.7 Å². The maximum absolute atomic E-state index is 13.3. The van der Waals surface area contributed by atoms with Gasteiger partial charge in [-0.05, 0) is 61.0 Å². The quantitative estimate of drug-likeness (QED) is 0.252. The molecule has 0 spiro atoms. The Labute approximate surface area is 222 Å². The van der Waals surface area contributed by atoms with Crippen LogP contribution in [-0.2, 0) is 23.1 Å². The number of sulfonamides is 1. The molecule has 0 saturated carbocycles. The summed E-state index contributed by atoms with van der Waals surface area (Å²) in [5, 5.41) is 2.64. The summed E-state index contributed by atoms with van der Waals surface area (Å²) >= 11 is 7.30. The van der Waals surface area contributed by atoms with Crippen molar-refractivity contribution in [3.63, 3.8) is 0 Å². The Hall–Kier alpha value is -3.59. The van der Waals surface area contributed by atoms with Gasteiger partial charge in [0, 0.05) is 39.1 Å². The number of hydrogen-bond donors (Lipinski definition) is 1. The van der Waals surface area contributed by atoms with Crippen LogP contribution >= 0.6 is 22.9 Å². The number of benzene rings is 4. The number of aromatic nitrogens is 2. The number of aryl methyl sites for hydroxylation is 1. The Morgan fingerprint density at radius 3 is 2.38 bits per heavy atom. The van der Waals surface area contributed by atoms with Crippen molar-refractivity contribution in [2.45, 2.75) is 24.9 Å². The Bertz CT molecular complexity index is 1990. The minimum Gasteiger partial charge on any atom is -0.341 e. The molecule has 0 radical (unpaired) electrons. The van der Waals surface area contributed by atoms with Crippen molar-refractivity contribution in [1.82, 2.24) is 9.13 Å². The molecule has 1 N–H and O–H groups in total. The minimum absolute atomic E-state index is 0.0993. The van der Waals surface area contributed by atoms with Crippen LogP contribution in [0, 0.1) is 0 Å². The summed E-state index contributed by atoms with van der Waals surface area (Å²) in [4.78, 5) is 12.7. The maximum Gasteiger partial charge on any atom is 0.308 e. The van der Waals surface area contributed by atoms with E-state index in [4.69, 9.17) is 11.6 Å². The van der Waals surface area contributed by atoms with Crippen LogP contribution in [0.3, 0.4) is 0 Å². The molecule has 4 aromatic carbocycles. The third-order valence-corrected chi connectivity index (χ3v) is 9.27. The van der Waals surface area contributed by atoms with E-state index in [1.54, 1.807) is 28.8 Å². The van der Waals surface area contributed by atoms with E-state index in [1.165, 1.54) is 6.07 Å². The van der Waals surface area contributed by atoms with E-state index in [-0.39, 0.29) is 9.77 Å². The summed E-state index contributed by atoms with van der Waals surface area (Å²) in [6.45, 7) is 3.22. The molecule has 37 heavy (non-hydrogen) atoms. The van der Waals surface area contributed by atoms with Crippen LogP contribution in [0.25, 0.3) is 32.0 Å². The maximum atomic E-state index is 13.3. The first kappa shape index (κ1) is 23.8. The molecule has 9 heteroatoms. The molecule has 0 bridgehead atoms. The van der Waals surface area contributed by atoms with Gasteiger partial charge in [0.2, 0.25) is 0 Å². The highest BCUT2D eigenvalue weighted by molar-refractivity contribution is 7.92. The van der Waals surface area contributed by atoms with Crippen molar-refractivity contribution in [1.29, 1.82) is 0 Å². The molecule has 0 aliphatic heterocycles. The van der Waals surface area contributed by atoms with Crippen molar-refractivity contribution in [3.05, 3.63) is 105 Å². The molecule has 6 rings (SSSR count). The van der Waals surface area contributed by atoms with Crippen LogP contribution in [0.4, 0.5) is 5.69 Å². The zero-order valence-corrected chi connectivity index (χ0v) is 22.2. The first-order chi connectivity index (χ1) is 17.9. The van der Waals surface area contributed by atoms with Gasteiger partial charge in [-0.1, -0.05) is 59.3 Å². The molecule has 2 heterocycles. The van der Waals surface area contributed by atoms with Crippen LogP contribution in [0.15, 0.2) is 94.6 Å². The van der Waals surface area contributed by atoms with E-state index in [9.17, 15) is 13.2 Å². The number of anilines is 1. The molecule has 0 saturated heterocycles. The molecule has 0 aliphatic carbocycles. The lowest BCUT2D eigenvalue weighted by atomic mass is 10.1. The number of fused-ring (bicyclic) bond motifs is 4. The van der Waals surface area contributed by atoms with Crippen LogP contribution < -0.4 is 9.60 Å². The van der Waals surface area contributed by atoms with Gasteiger partial charge in [-0.3, -0.25) is 14.1 Å². The third-order valence-electron chi connectivity index (χ3n) is 6.58.